The molecule has 0 bridgehead atoms. The molecule has 0 radical (unpaired) electrons. The van der Waals surface area contributed by atoms with Crippen LogP contribution < -0.4 is 10.0 Å². The SMILES string of the molecule is O=S(=O)(NCCCNC1CC1)c1c(Cl)cc(Br)cc1Cl. The first-order valence-corrected chi connectivity index (χ1v) is 9.31. The zero-order chi connectivity index (χ0) is 14.8. The van der Waals surface area contributed by atoms with E-state index in [9.17, 15) is 8.42 Å². The minimum Gasteiger partial charge on any atom is -0.314 e. The first kappa shape index (κ1) is 16.5. The van der Waals surface area contributed by atoms with Crippen LogP contribution >= 0.6 is 39.1 Å². The summed E-state index contributed by atoms with van der Waals surface area (Å²) < 4.78 is 27.5. The van der Waals surface area contributed by atoms with Crippen LogP contribution in [0.5, 0.6) is 0 Å². The number of nitrogens with one attached hydrogen (secondary N) is 2. The van der Waals surface area contributed by atoms with Gasteiger partial charge < -0.3 is 5.32 Å². The lowest BCUT2D eigenvalue weighted by atomic mass is 10.4. The molecule has 1 aliphatic carbocycles. The van der Waals surface area contributed by atoms with Crippen molar-refractivity contribution in [2.45, 2.75) is 30.2 Å². The number of rotatable bonds is 7. The fraction of sp³-hybridized carbons (Fsp3) is 0.500. The van der Waals surface area contributed by atoms with Gasteiger partial charge >= 0.3 is 0 Å². The summed E-state index contributed by atoms with van der Waals surface area (Å²) in [5.41, 5.74) is 0. The molecule has 1 aromatic carbocycles. The van der Waals surface area contributed by atoms with Crippen LogP contribution in [0, 0.1) is 0 Å². The molecule has 0 heterocycles. The van der Waals surface area contributed by atoms with Gasteiger partial charge in [-0.1, -0.05) is 39.1 Å². The van der Waals surface area contributed by atoms with Crippen LogP contribution in [-0.2, 0) is 10.0 Å². The topological polar surface area (TPSA) is 58.2 Å². The third-order valence-electron chi connectivity index (χ3n) is 2.89. The van der Waals surface area contributed by atoms with E-state index in [0.717, 1.165) is 13.0 Å². The third-order valence-corrected chi connectivity index (χ3v) is 5.73. The summed E-state index contributed by atoms with van der Waals surface area (Å²) >= 11 is 15.1. The van der Waals surface area contributed by atoms with Crippen LogP contribution in [0.3, 0.4) is 0 Å². The van der Waals surface area contributed by atoms with Gasteiger partial charge in [0.05, 0.1) is 10.0 Å². The minimum absolute atomic E-state index is 0.0702. The predicted molar refractivity (Wildman–Crippen MR) is 85.0 cm³/mol. The van der Waals surface area contributed by atoms with Crippen LogP contribution in [0.15, 0.2) is 21.5 Å². The summed E-state index contributed by atoms with van der Waals surface area (Å²) in [6.45, 7) is 1.15. The Morgan fingerprint density at radius 1 is 1.20 bits per heavy atom. The van der Waals surface area contributed by atoms with E-state index in [-0.39, 0.29) is 14.9 Å². The molecule has 20 heavy (non-hydrogen) atoms. The number of hydrogen-bond acceptors (Lipinski definition) is 3. The first-order chi connectivity index (χ1) is 9.40. The molecule has 1 fully saturated rings. The van der Waals surface area contributed by atoms with Crippen molar-refractivity contribution >= 4 is 49.2 Å². The fourth-order valence-electron chi connectivity index (χ4n) is 1.75. The Morgan fingerprint density at radius 3 is 2.35 bits per heavy atom. The zero-order valence-corrected chi connectivity index (χ0v) is 14.5. The van der Waals surface area contributed by atoms with E-state index in [4.69, 9.17) is 23.2 Å². The lowest BCUT2D eigenvalue weighted by Gasteiger charge is -2.10. The Kier molecular flexibility index (Phi) is 5.73. The average Bonchev–Trinajstić information content (AvgIpc) is 3.10. The van der Waals surface area contributed by atoms with Crippen molar-refractivity contribution in [2.24, 2.45) is 0 Å². The lowest BCUT2D eigenvalue weighted by molar-refractivity contribution is 0.573. The second-order valence-corrected chi connectivity index (χ2v) is 8.11. The van der Waals surface area contributed by atoms with Gasteiger partial charge in [0.15, 0.2) is 0 Å². The number of benzene rings is 1. The highest BCUT2D eigenvalue weighted by Crippen LogP contribution is 2.32. The Labute approximate surface area is 137 Å². The maximum Gasteiger partial charge on any atom is 0.243 e. The molecular formula is C12H15BrCl2N2O2S. The van der Waals surface area contributed by atoms with Crippen LogP contribution in [0.25, 0.3) is 0 Å². The molecule has 4 nitrogen and oxygen atoms in total. The second-order valence-electron chi connectivity index (χ2n) is 4.68. The molecule has 1 aliphatic rings. The van der Waals surface area contributed by atoms with Gasteiger partial charge in [0.25, 0.3) is 0 Å². The first-order valence-electron chi connectivity index (χ1n) is 6.28. The van der Waals surface area contributed by atoms with Crippen LogP contribution in [-0.4, -0.2) is 27.5 Å². The molecule has 2 N–H and O–H groups in total. The van der Waals surface area contributed by atoms with Gasteiger partial charge in [-0.05, 0) is 37.9 Å². The molecule has 0 aromatic heterocycles. The van der Waals surface area contributed by atoms with Crippen LogP contribution in [0.4, 0.5) is 0 Å². The Balaban J connectivity index is 1.95. The molecule has 0 amide bonds. The molecule has 0 aliphatic heterocycles. The third kappa shape index (κ3) is 4.58. The second kappa shape index (κ2) is 6.94. The monoisotopic (exact) mass is 400 g/mol. The molecule has 0 atom stereocenters. The van der Waals surface area contributed by atoms with E-state index >= 15 is 0 Å². The van der Waals surface area contributed by atoms with Crippen molar-refractivity contribution < 1.29 is 8.42 Å². The Hall–Kier alpha value is 0.150. The Morgan fingerprint density at radius 2 is 1.80 bits per heavy atom. The minimum atomic E-state index is -3.69. The van der Waals surface area contributed by atoms with Crippen molar-refractivity contribution in [3.8, 4) is 0 Å². The highest BCUT2D eigenvalue weighted by molar-refractivity contribution is 9.10. The normalized spacial score (nSPS) is 15.6. The van der Waals surface area contributed by atoms with E-state index < -0.39 is 10.0 Å². The van der Waals surface area contributed by atoms with Crippen molar-refractivity contribution in [1.29, 1.82) is 0 Å². The van der Waals surface area contributed by atoms with Gasteiger partial charge in [0.2, 0.25) is 10.0 Å². The van der Waals surface area contributed by atoms with E-state index in [1.54, 1.807) is 0 Å². The summed E-state index contributed by atoms with van der Waals surface area (Å²) in [4.78, 5) is -0.0702. The molecule has 0 unspecified atom stereocenters. The van der Waals surface area contributed by atoms with Crippen molar-refractivity contribution in [3.05, 3.63) is 26.7 Å². The van der Waals surface area contributed by atoms with E-state index in [1.165, 1.54) is 25.0 Å². The number of sulfonamides is 1. The summed E-state index contributed by atoms with van der Waals surface area (Å²) in [5.74, 6) is 0. The molecule has 0 spiro atoms. The maximum absolute atomic E-state index is 12.2. The van der Waals surface area contributed by atoms with Crippen molar-refractivity contribution in [1.82, 2.24) is 10.0 Å². The molecule has 0 saturated heterocycles. The maximum atomic E-state index is 12.2. The molecule has 1 saturated carbocycles. The van der Waals surface area contributed by atoms with Crippen LogP contribution in [0.2, 0.25) is 10.0 Å². The average molecular weight is 402 g/mol. The van der Waals surface area contributed by atoms with Crippen molar-refractivity contribution in [2.75, 3.05) is 13.1 Å². The van der Waals surface area contributed by atoms with Crippen LogP contribution in [0.1, 0.15) is 19.3 Å². The molecular weight excluding hydrogens is 387 g/mol. The van der Waals surface area contributed by atoms with Crippen molar-refractivity contribution in [3.63, 3.8) is 0 Å². The number of halogens is 3. The van der Waals surface area contributed by atoms with Gasteiger partial charge in [0.1, 0.15) is 4.90 Å². The van der Waals surface area contributed by atoms with Gasteiger partial charge in [-0.15, -0.1) is 0 Å². The lowest BCUT2D eigenvalue weighted by Crippen LogP contribution is -2.28. The highest BCUT2D eigenvalue weighted by Gasteiger charge is 2.22. The van der Waals surface area contributed by atoms with Gasteiger partial charge in [0, 0.05) is 17.1 Å². The van der Waals surface area contributed by atoms with Gasteiger partial charge in [-0.3, -0.25) is 0 Å². The Bertz CT molecular complexity index is 568. The predicted octanol–water partition coefficient (Wildman–Crippen LogP) is 3.18. The van der Waals surface area contributed by atoms with E-state index in [1.807, 2.05) is 0 Å². The summed E-state index contributed by atoms with van der Waals surface area (Å²) in [6.07, 6.45) is 3.16. The molecule has 1 aromatic rings. The molecule has 112 valence electrons. The molecule has 2 rings (SSSR count). The van der Waals surface area contributed by atoms with E-state index in [0.29, 0.717) is 17.1 Å². The van der Waals surface area contributed by atoms with E-state index in [2.05, 4.69) is 26.0 Å². The smallest absolute Gasteiger partial charge is 0.243 e. The summed E-state index contributed by atoms with van der Waals surface area (Å²) in [5, 5.41) is 3.53. The fourth-order valence-corrected chi connectivity index (χ4v) is 4.75. The van der Waals surface area contributed by atoms with Gasteiger partial charge in [-0.25, -0.2) is 13.1 Å². The summed E-state index contributed by atoms with van der Waals surface area (Å²) in [7, 11) is -3.69. The number of hydrogen-bond donors (Lipinski definition) is 2. The standard InChI is InChI=1S/C12H15BrCl2N2O2S/c13-8-6-10(14)12(11(15)7-8)20(18,19)17-5-1-4-16-9-2-3-9/h6-7,9,16-17H,1-5H2. The van der Waals surface area contributed by atoms with Gasteiger partial charge in [-0.2, -0.15) is 0 Å². The largest absolute Gasteiger partial charge is 0.314 e. The summed E-state index contributed by atoms with van der Waals surface area (Å²) in [6, 6.07) is 3.65. The zero-order valence-electron chi connectivity index (χ0n) is 10.6. The quantitative estimate of drug-likeness (QED) is 0.689. The highest BCUT2D eigenvalue weighted by atomic mass is 79.9. The molecule has 8 heteroatoms.